The van der Waals surface area contributed by atoms with Crippen LogP contribution >= 0.6 is 0 Å². The number of nitrogens with one attached hydrogen (secondary N) is 1. The van der Waals surface area contributed by atoms with Gasteiger partial charge in [-0.2, -0.15) is 4.31 Å². The van der Waals surface area contributed by atoms with Crippen molar-refractivity contribution < 1.29 is 17.2 Å². The first-order valence-corrected chi connectivity index (χ1v) is 10.4. The van der Waals surface area contributed by atoms with E-state index in [0.717, 1.165) is 30.8 Å². The molecule has 0 bridgehead atoms. The van der Waals surface area contributed by atoms with Gasteiger partial charge < -0.3 is 9.88 Å². The van der Waals surface area contributed by atoms with Gasteiger partial charge in [0.2, 0.25) is 10.0 Å². The number of nitrogens with zero attached hydrogens (tertiary/aromatic N) is 4. The molecule has 7 nitrogen and oxygen atoms in total. The summed E-state index contributed by atoms with van der Waals surface area (Å²) in [5.41, 5.74) is 0.105. The molecule has 0 amide bonds. The summed E-state index contributed by atoms with van der Waals surface area (Å²) in [5, 5.41) is 11.8. The van der Waals surface area contributed by atoms with Crippen molar-refractivity contribution in [3.63, 3.8) is 0 Å². The molecule has 0 unspecified atom stereocenters. The second kappa shape index (κ2) is 6.92. The summed E-state index contributed by atoms with van der Waals surface area (Å²) in [6.07, 6.45) is 1.18. The first-order valence-electron chi connectivity index (χ1n) is 8.96. The third kappa shape index (κ3) is 3.26. The number of rotatable bonds is 3. The van der Waals surface area contributed by atoms with E-state index in [9.17, 15) is 17.2 Å². The molecule has 2 aliphatic heterocycles. The monoisotopic (exact) mass is 397 g/mol. The van der Waals surface area contributed by atoms with Crippen molar-refractivity contribution in [2.45, 2.75) is 43.7 Å². The largest absolute Gasteiger partial charge is 0.312 e. The molecule has 1 aromatic carbocycles. The summed E-state index contributed by atoms with van der Waals surface area (Å²) < 4.78 is 56.6. The first-order chi connectivity index (χ1) is 12.9. The van der Waals surface area contributed by atoms with Crippen LogP contribution < -0.4 is 5.32 Å². The van der Waals surface area contributed by atoms with Crippen LogP contribution in [-0.4, -0.2) is 47.1 Å². The second-order valence-corrected chi connectivity index (χ2v) is 8.92. The Morgan fingerprint density at radius 3 is 2.59 bits per heavy atom. The molecule has 2 aliphatic rings. The maximum absolute atomic E-state index is 14.1. The van der Waals surface area contributed by atoms with Crippen LogP contribution in [0.5, 0.6) is 0 Å². The molecular formula is C17H21F2N5O2S. The number of piperidine rings is 1. The summed E-state index contributed by atoms with van der Waals surface area (Å²) in [4.78, 5) is -0.467. The van der Waals surface area contributed by atoms with Crippen LogP contribution in [0.1, 0.15) is 36.0 Å². The van der Waals surface area contributed by atoms with Gasteiger partial charge in [-0.3, -0.25) is 0 Å². The molecule has 2 aromatic rings. The van der Waals surface area contributed by atoms with Gasteiger partial charge in [-0.15, -0.1) is 10.2 Å². The average molecular weight is 397 g/mol. The Morgan fingerprint density at radius 1 is 1.11 bits per heavy atom. The average Bonchev–Trinajstić information content (AvgIpc) is 3.09. The van der Waals surface area contributed by atoms with Crippen LogP contribution in [0, 0.1) is 18.6 Å². The van der Waals surface area contributed by atoms with E-state index in [2.05, 4.69) is 20.1 Å². The first kappa shape index (κ1) is 18.5. The number of sulfonamides is 1. The third-order valence-corrected chi connectivity index (χ3v) is 7.22. The van der Waals surface area contributed by atoms with Crippen molar-refractivity contribution in [3.8, 4) is 0 Å². The maximum Gasteiger partial charge on any atom is 0.245 e. The lowest BCUT2D eigenvalue weighted by atomic mass is 9.97. The van der Waals surface area contributed by atoms with E-state index in [4.69, 9.17) is 0 Å². The Morgan fingerprint density at radius 2 is 1.85 bits per heavy atom. The van der Waals surface area contributed by atoms with Gasteiger partial charge in [-0.1, -0.05) is 0 Å². The molecule has 4 rings (SSSR count). The lowest BCUT2D eigenvalue weighted by Crippen LogP contribution is -2.39. The number of hydrogen-bond donors (Lipinski definition) is 1. The molecule has 146 valence electrons. The molecule has 1 N–H and O–H groups in total. The molecular weight excluding hydrogens is 376 g/mol. The summed E-state index contributed by atoms with van der Waals surface area (Å²) in [7, 11) is -4.00. The van der Waals surface area contributed by atoms with Crippen molar-refractivity contribution >= 4 is 10.0 Å². The van der Waals surface area contributed by atoms with Crippen LogP contribution in [0.4, 0.5) is 8.78 Å². The van der Waals surface area contributed by atoms with E-state index < -0.39 is 26.6 Å². The number of fused-ring (bicyclic) bond motifs is 1. The van der Waals surface area contributed by atoms with Gasteiger partial charge in [0, 0.05) is 38.2 Å². The van der Waals surface area contributed by atoms with E-state index in [0.29, 0.717) is 25.5 Å². The summed E-state index contributed by atoms with van der Waals surface area (Å²) >= 11 is 0. The molecule has 27 heavy (non-hydrogen) atoms. The highest BCUT2D eigenvalue weighted by Crippen LogP contribution is 2.31. The van der Waals surface area contributed by atoms with Gasteiger partial charge in [0.05, 0.1) is 6.54 Å². The van der Waals surface area contributed by atoms with E-state index in [1.165, 1.54) is 11.2 Å². The highest BCUT2D eigenvalue weighted by molar-refractivity contribution is 7.89. The predicted molar refractivity (Wildman–Crippen MR) is 93.6 cm³/mol. The van der Waals surface area contributed by atoms with Crippen LogP contribution in [0.15, 0.2) is 17.0 Å². The smallest absolute Gasteiger partial charge is 0.245 e. The molecule has 0 aliphatic carbocycles. The standard InChI is InChI=1S/C17H21F2N5O2S/c1-11-8-15(14(19)9-13(11)18)27(25,26)23-5-2-12(3-6-23)17-22-21-16-10-20-4-7-24(16)17/h8-9,12,20H,2-7,10H2,1H3. The normalized spacial score (nSPS) is 19.2. The topological polar surface area (TPSA) is 80.1 Å². The van der Waals surface area contributed by atoms with Gasteiger partial charge in [-0.25, -0.2) is 17.2 Å². The number of aromatic nitrogens is 3. The summed E-state index contributed by atoms with van der Waals surface area (Å²) in [5.74, 6) is 0.105. The minimum Gasteiger partial charge on any atom is -0.312 e. The fourth-order valence-electron chi connectivity index (χ4n) is 3.74. The highest BCUT2D eigenvalue weighted by atomic mass is 32.2. The number of halogens is 2. The molecule has 0 spiro atoms. The van der Waals surface area contributed by atoms with Crippen LogP contribution in [0.3, 0.4) is 0 Å². The molecule has 0 saturated carbocycles. The van der Waals surface area contributed by atoms with Gasteiger partial charge in [0.25, 0.3) is 0 Å². The van der Waals surface area contributed by atoms with E-state index in [1.54, 1.807) is 0 Å². The van der Waals surface area contributed by atoms with Crippen molar-refractivity contribution in [3.05, 3.63) is 41.0 Å². The summed E-state index contributed by atoms with van der Waals surface area (Å²) in [6.45, 7) is 4.30. The quantitative estimate of drug-likeness (QED) is 0.850. The van der Waals surface area contributed by atoms with E-state index >= 15 is 0 Å². The Bertz CT molecular complexity index is 968. The van der Waals surface area contributed by atoms with Crippen molar-refractivity contribution in [2.24, 2.45) is 0 Å². The third-order valence-electron chi connectivity index (χ3n) is 5.30. The van der Waals surface area contributed by atoms with Crippen molar-refractivity contribution in [1.82, 2.24) is 24.4 Å². The molecule has 3 heterocycles. The number of hydrogen-bond acceptors (Lipinski definition) is 5. The minimum absolute atomic E-state index is 0.105. The van der Waals surface area contributed by atoms with E-state index in [1.807, 2.05) is 0 Å². The number of aryl methyl sites for hydroxylation is 1. The zero-order chi connectivity index (χ0) is 19.2. The van der Waals surface area contributed by atoms with Gasteiger partial charge in [-0.05, 0) is 31.4 Å². The molecule has 1 aromatic heterocycles. The van der Waals surface area contributed by atoms with E-state index in [-0.39, 0.29) is 24.6 Å². The zero-order valence-electron chi connectivity index (χ0n) is 15.0. The molecule has 1 saturated heterocycles. The summed E-state index contributed by atoms with van der Waals surface area (Å²) in [6, 6.07) is 1.69. The maximum atomic E-state index is 14.1. The fraction of sp³-hybridized carbons (Fsp3) is 0.529. The SMILES string of the molecule is Cc1cc(S(=O)(=O)N2CCC(c3nnc4n3CCNC4)CC2)c(F)cc1F. The van der Waals surface area contributed by atoms with Crippen LogP contribution in [-0.2, 0) is 23.1 Å². The highest BCUT2D eigenvalue weighted by Gasteiger charge is 2.34. The number of benzene rings is 1. The second-order valence-electron chi connectivity index (χ2n) is 7.01. The molecule has 0 radical (unpaired) electrons. The molecule has 1 fully saturated rings. The van der Waals surface area contributed by atoms with Crippen LogP contribution in [0.25, 0.3) is 0 Å². The lowest BCUT2D eigenvalue weighted by molar-refractivity contribution is 0.306. The van der Waals surface area contributed by atoms with Gasteiger partial charge in [0.15, 0.2) is 0 Å². The molecule has 10 heteroatoms. The Hall–Kier alpha value is -1.91. The Kier molecular flexibility index (Phi) is 4.73. The predicted octanol–water partition coefficient (Wildman–Crippen LogP) is 1.54. The Balaban J connectivity index is 1.52. The fourth-order valence-corrected chi connectivity index (χ4v) is 5.34. The zero-order valence-corrected chi connectivity index (χ0v) is 15.8. The minimum atomic E-state index is -4.00. The van der Waals surface area contributed by atoms with Crippen LogP contribution in [0.2, 0.25) is 0 Å². The van der Waals surface area contributed by atoms with Crippen molar-refractivity contribution in [2.75, 3.05) is 19.6 Å². The van der Waals surface area contributed by atoms with Gasteiger partial charge >= 0.3 is 0 Å². The molecule has 0 atom stereocenters. The lowest BCUT2D eigenvalue weighted by Gasteiger charge is -2.31. The van der Waals surface area contributed by atoms with Crippen molar-refractivity contribution in [1.29, 1.82) is 0 Å². The van der Waals surface area contributed by atoms with Gasteiger partial charge in [0.1, 0.15) is 28.2 Å². The Labute approximate surface area is 156 Å².